The van der Waals surface area contributed by atoms with Crippen molar-refractivity contribution in [1.29, 1.82) is 0 Å². The van der Waals surface area contributed by atoms with Crippen LogP contribution in [0.5, 0.6) is 5.88 Å². The molecule has 1 fully saturated rings. The number of amides is 1. The van der Waals surface area contributed by atoms with Gasteiger partial charge in [-0.2, -0.15) is 26.3 Å². The van der Waals surface area contributed by atoms with Crippen LogP contribution in [0.3, 0.4) is 0 Å². The lowest BCUT2D eigenvalue weighted by molar-refractivity contribution is -0.154. The minimum Gasteiger partial charge on any atom is -0.468 e. The topological polar surface area (TPSA) is 85.4 Å². The molecule has 0 atom stereocenters. The maximum Gasteiger partial charge on any atom is 0.422 e. The van der Waals surface area contributed by atoms with Gasteiger partial charge in [-0.3, -0.25) is 4.79 Å². The number of nitrogens with zero attached hydrogens (tertiary/aromatic N) is 1. The zero-order valence-corrected chi connectivity index (χ0v) is 18.6. The van der Waals surface area contributed by atoms with E-state index in [9.17, 15) is 39.6 Å². The number of ether oxygens (including phenoxy) is 1. The Balaban J connectivity index is 1.61. The number of hydrogen-bond donors (Lipinski definition) is 1. The molecule has 0 unspecified atom stereocenters. The molecule has 3 rings (SSSR count). The zero-order valence-electron chi connectivity index (χ0n) is 17.8. The van der Waals surface area contributed by atoms with Gasteiger partial charge in [0, 0.05) is 18.3 Å². The fourth-order valence-corrected chi connectivity index (χ4v) is 5.27. The molecule has 1 aliphatic carbocycles. The second-order valence-corrected chi connectivity index (χ2v) is 10.2. The first-order valence-corrected chi connectivity index (χ1v) is 11.7. The molecule has 0 spiro atoms. The van der Waals surface area contributed by atoms with Crippen LogP contribution in [-0.2, 0) is 16.0 Å². The molecule has 1 N–H and O–H groups in total. The van der Waals surface area contributed by atoms with Crippen LogP contribution in [0.15, 0.2) is 47.5 Å². The Labute approximate surface area is 195 Å². The number of carbonyl (C=O) groups excluding carboxylic acids is 1. The van der Waals surface area contributed by atoms with Crippen molar-refractivity contribution in [2.75, 3.05) is 6.61 Å². The van der Waals surface area contributed by atoms with Gasteiger partial charge in [-0.05, 0) is 49.9 Å². The molecule has 1 heterocycles. The van der Waals surface area contributed by atoms with Crippen LogP contribution in [0.1, 0.15) is 41.6 Å². The van der Waals surface area contributed by atoms with Gasteiger partial charge in [0.25, 0.3) is 5.91 Å². The molecule has 35 heavy (non-hydrogen) atoms. The van der Waals surface area contributed by atoms with E-state index < -0.39 is 69.0 Å². The first-order valence-electron chi connectivity index (χ1n) is 10.2. The van der Waals surface area contributed by atoms with E-state index in [4.69, 9.17) is 0 Å². The molecule has 1 aromatic heterocycles. The Morgan fingerprint density at radius 2 is 1.74 bits per heavy atom. The first kappa shape index (κ1) is 26.7. The van der Waals surface area contributed by atoms with Gasteiger partial charge in [-0.15, -0.1) is 0 Å². The lowest BCUT2D eigenvalue weighted by Gasteiger charge is -2.34. The molecule has 0 radical (unpaired) electrons. The molecule has 1 aromatic carbocycles. The Bertz CT molecular complexity index is 1160. The highest BCUT2D eigenvalue weighted by Crippen LogP contribution is 2.41. The van der Waals surface area contributed by atoms with E-state index in [1.54, 1.807) is 0 Å². The number of rotatable bonds is 6. The molecule has 14 heteroatoms. The van der Waals surface area contributed by atoms with Crippen LogP contribution in [-0.4, -0.2) is 43.1 Å². The van der Waals surface area contributed by atoms with Crippen molar-refractivity contribution in [3.05, 3.63) is 53.7 Å². The van der Waals surface area contributed by atoms with Gasteiger partial charge >= 0.3 is 12.4 Å². The first-order chi connectivity index (χ1) is 16.1. The van der Waals surface area contributed by atoms with Crippen LogP contribution in [0.25, 0.3) is 0 Å². The standard InChI is InChI=1S/C21H19F7N2O4S/c22-19(35(32,33)16-3-1-2-14(10-16)21(26,27)28)8-6-15(7-9-19)30-18(31)13-4-5-17(29-11-13)34-12-20(23,24)25/h1-5,10-11,15H,6-9,12H2,(H,30,31)/t15-,19-. The van der Waals surface area contributed by atoms with Gasteiger partial charge < -0.3 is 10.1 Å². The molecule has 2 aromatic rings. The van der Waals surface area contributed by atoms with Crippen LogP contribution < -0.4 is 10.1 Å². The van der Waals surface area contributed by atoms with Gasteiger partial charge in [-0.1, -0.05) is 6.07 Å². The summed E-state index contributed by atoms with van der Waals surface area (Å²) in [4.78, 5) is 15.2. The van der Waals surface area contributed by atoms with Crippen molar-refractivity contribution in [3.8, 4) is 5.88 Å². The van der Waals surface area contributed by atoms with Crippen molar-refractivity contribution < 1.29 is 48.7 Å². The number of aromatic nitrogens is 1. The molecular weight excluding hydrogens is 509 g/mol. The predicted molar refractivity (Wildman–Crippen MR) is 108 cm³/mol. The van der Waals surface area contributed by atoms with E-state index in [-0.39, 0.29) is 24.3 Å². The Morgan fingerprint density at radius 1 is 1.09 bits per heavy atom. The summed E-state index contributed by atoms with van der Waals surface area (Å²) in [6.45, 7) is -1.55. The van der Waals surface area contributed by atoms with Crippen LogP contribution in [0.2, 0.25) is 0 Å². The highest BCUT2D eigenvalue weighted by Gasteiger charge is 2.48. The van der Waals surface area contributed by atoms with Gasteiger partial charge in [-0.25, -0.2) is 17.8 Å². The summed E-state index contributed by atoms with van der Waals surface area (Å²) in [6, 6.07) is 4.46. The smallest absolute Gasteiger partial charge is 0.422 e. The molecular formula is C21H19F7N2O4S. The minimum absolute atomic E-state index is 0.0157. The van der Waals surface area contributed by atoms with Crippen molar-refractivity contribution in [2.24, 2.45) is 0 Å². The molecule has 6 nitrogen and oxygen atoms in total. The molecule has 0 bridgehead atoms. The fourth-order valence-electron chi connectivity index (χ4n) is 3.54. The quantitative estimate of drug-likeness (QED) is 0.542. The maximum atomic E-state index is 15.4. The summed E-state index contributed by atoms with van der Waals surface area (Å²) in [5, 5.41) is -0.249. The van der Waals surface area contributed by atoms with E-state index >= 15 is 4.39 Å². The molecule has 192 valence electrons. The van der Waals surface area contributed by atoms with Crippen LogP contribution in [0, 0.1) is 0 Å². The van der Waals surface area contributed by atoms with Gasteiger partial charge in [0.15, 0.2) is 6.61 Å². The fraction of sp³-hybridized carbons (Fsp3) is 0.429. The average molecular weight is 528 g/mol. The minimum atomic E-state index is -4.80. The Morgan fingerprint density at radius 3 is 2.29 bits per heavy atom. The second kappa shape index (κ2) is 9.63. The molecule has 0 aliphatic heterocycles. The number of sulfone groups is 1. The summed E-state index contributed by atoms with van der Waals surface area (Å²) in [5.74, 6) is -1.02. The third-order valence-corrected chi connectivity index (χ3v) is 7.65. The third kappa shape index (κ3) is 6.41. The van der Waals surface area contributed by atoms with E-state index in [2.05, 4.69) is 15.0 Å². The number of halogens is 7. The summed E-state index contributed by atoms with van der Waals surface area (Å²) in [7, 11) is -4.75. The number of carbonyl (C=O) groups is 1. The predicted octanol–water partition coefficient (Wildman–Crippen LogP) is 4.85. The van der Waals surface area contributed by atoms with Crippen molar-refractivity contribution in [2.45, 2.75) is 54.0 Å². The van der Waals surface area contributed by atoms with Gasteiger partial charge in [0.1, 0.15) is 0 Å². The molecule has 1 saturated carbocycles. The summed E-state index contributed by atoms with van der Waals surface area (Å²) < 4.78 is 121. The SMILES string of the molecule is O=C(N[C@H]1CC[C@](F)(S(=O)(=O)c2cccc(C(F)(F)F)c2)CC1)c1ccc(OCC(F)(F)F)nc1. The van der Waals surface area contributed by atoms with Crippen LogP contribution >= 0.6 is 0 Å². The maximum absolute atomic E-state index is 15.4. The lowest BCUT2D eigenvalue weighted by atomic mass is 9.93. The van der Waals surface area contributed by atoms with Crippen molar-refractivity contribution >= 4 is 15.7 Å². The largest absolute Gasteiger partial charge is 0.468 e. The summed E-state index contributed by atoms with van der Waals surface area (Å²) in [6.07, 6.45) is -9.70. The molecule has 0 saturated heterocycles. The van der Waals surface area contributed by atoms with E-state index in [1.807, 2.05) is 0 Å². The zero-order chi connectivity index (χ0) is 26.1. The molecule has 1 amide bonds. The van der Waals surface area contributed by atoms with Crippen molar-refractivity contribution in [1.82, 2.24) is 10.3 Å². The number of alkyl halides is 7. The van der Waals surface area contributed by atoms with Gasteiger partial charge in [0.05, 0.1) is 16.0 Å². The summed E-state index contributed by atoms with van der Waals surface area (Å²) >= 11 is 0. The number of hydrogen-bond acceptors (Lipinski definition) is 5. The average Bonchev–Trinajstić information content (AvgIpc) is 2.78. The number of nitrogens with one attached hydrogen (secondary N) is 1. The lowest BCUT2D eigenvalue weighted by Crippen LogP contribution is -2.45. The normalized spacial score (nSPS) is 21.4. The second-order valence-electron chi connectivity index (χ2n) is 7.95. The van der Waals surface area contributed by atoms with E-state index in [0.29, 0.717) is 12.1 Å². The highest BCUT2D eigenvalue weighted by atomic mass is 32.2. The van der Waals surface area contributed by atoms with E-state index in [1.165, 1.54) is 6.07 Å². The van der Waals surface area contributed by atoms with Crippen molar-refractivity contribution in [3.63, 3.8) is 0 Å². The van der Waals surface area contributed by atoms with Crippen LogP contribution in [0.4, 0.5) is 30.7 Å². The summed E-state index contributed by atoms with van der Waals surface area (Å²) in [5.41, 5.74) is -1.23. The van der Waals surface area contributed by atoms with E-state index in [0.717, 1.165) is 24.4 Å². The Hall–Kier alpha value is -2.90. The number of benzene rings is 1. The molecule has 1 aliphatic rings. The Kier molecular flexibility index (Phi) is 7.34. The highest BCUT2D eigenvalue weighted by molar-refractivity contribution is 7.92. The monoisotopic (exact) mass is 528 g/mol. The van der Waals surface area contributed by atoms with Gasteiger partial charge in [0.2, 0.25) is 20.7 Å². The number of pyridine rings is 1. The third-order valence-electron chi connectivity index (χ3n) is 5.40.